The summed E-state index contributed by atoms with van der Waals surface area (Å²) >= 11 is 0. The van der Waals surface area contributed by atoms with Gasteiger partial charge in [-0.3, -0.25) is 33.9 Å². The molecule has 3 aromatic heterocycles. The van der Waals surface area contributed by atoms with E-state index >= 15 is 4.39 Å². The van der Waals surface area contributed by atoms with Crippen LogP contribution in [0.2, 0.25) is 0 Å². The lowest BCUT2D eigenvalue weighted by molar-refractivity contribution is -0.135. The summed E-state index contributed by atoms with van der Waals surface area (Å²) in [6, 6.07) is 13.2. The number of anilines is 2. The van der Waals surface area contributed by atoms with E-state index in [1.165, 1.54) is 57.8 Å². The Labute approximate surface area is 443 Å². The number of amides is 2. The average Bonchev–Trinajstić information content (AvgIpc) is 3.94. The molecule has 2 amide bonds. The highest BCUT2D eigenvalue weighted by Gasteiger charge is 2.38. The minimum absolute atomic E-state index is 0.0752. The number of nitrogens with one attached hydrogen (secondary N) is 2. The van der Waals surface area contributed by atoms with Crippen LogP contribution >= 0.6 is 0 Å². The summed E-state index contributed by atoms with van der Waals surface area (Å²) < 4.78 is 25.8. The molecular formula is C59H72FN11O5. The first-order chi connectivity index (χ1) is 36.9. The summed E-state index contributed by atoms with van der Waals surface area (Å²) in [4.78, 5) is 63.8. The Balaban J connectivity index is 0.597. The first-order valence-electron chi connectivity index (χ1n) is 28.5. The molecule has 6 aliphatic heterocycles. The number of piperazine rings is 1. The van der Waals surface area contributed by atoms with Gasteiger partial charge in [-0.25, -0.2) is 9.18 Å². The largest absolute Gasteiger partial charge is 0.508 e. The Morgan fingerprint density at radius 3 is 2.24 bits per heavy atom. The summed E-state index contributed by atoms with van der Waals surface area (Å²) in [5, 5.41) is 19.4. The highest BCUT2D eigenvalue weighted by atomic mass is 19.1. The van der Waals surface area contributed by atoms with Gasteiger partial charge < -0.3 is 29.9 Å². The number of rotatable bonds is 12. The number of carbonyl (C=O) groups is 2. The van der Waals surface area contributed by atoms with Crippen molar-refractivity contribution >= 4 is 56.0 Å². The number of imidazole rings is 1. The molecule has 6 fully saturated rings. The lowest BCUT2D eigenvalue weighted by Gasteiger charge is -2.39. The number of hydrogen-bond acceptors (Lipinski definition) is 13. The number of pyridine rings is 1. The minimum atomic E-state index is -0.689. The van der Waals surface area contributed by atoms with Gasteiger partial charge in [-0.1, -0.05) is 13.0 Å². The van der Waals surface area contributed by atoms with Crippen molar-refractivity contribution in [3.8, 4) is 23.0 Å². The van der Waals surface area contributed by atoms with Crippen LogP contribution in [0.5, 0.6) is 11.8 Å². The van der Waals surface area contributed by atoms with E-state index in [1.54, 1.807) is 27.3 Å². The van der Waals surface area contributed by atoms with E-state index in [0.29, 0.717) is 48.3 Å². The van der Waals surface area contributed by atoms with Crippen LogP contribution in [-0.2, 0) is 9.59 Å². The summed E-state index contributed by atoms with van der Waals surface area (Å²) in [6.45, 7) is 16.6. The lowest BCUT2D eigenvalue weighted by atomic mass is 9.78. The van der Waals surface area contributed by atoms with Crippen molar-refractivity contribution < 1.29 is 23.8 Å². The standard InChI is InChI=1S/C59H72FN11O5/c1-34(2)70-49-28-42(7-9-47(49)71(59(70)75)48-10-11-50(73)63-57(48)74)68-22-16-38(17-23-68)31-67-20-14-37(15-21-67)26-36-12-18-66(19-13-36)24-25-76-58-64-55-45(56(65-58)69-32-40-5-6-41(33-69)62-40)30-61-54-44-29-43(72)27-39-4-8-46(60)51(53(39)44)35(3)52(54)55/h4,7-9,27-30,34-38,40-41,48,62,72H,5-6,10-26,31-33H2,1-3H3,(H,63,73,74). The molecule has 4 atom stereocenters. The van der Waals surface area contributed by atoms with E-state index in [4.69, 9.17) is 19.7 Å². The first kappa shape index (κ1) is 49.4. The molecule has 4 unspecified atom stereocenters. The first-order valence-corrected chi connectivity index (χ1v) is 28.5. The van der Waals surface area contributed by atoms with Crippen molar-refractivity contribution in [2.75, 3.05) is 81.9 Å². The number of likely N-dealkylation sites (tertiary alicyclic amines) is 2. The minimum Gasteiger partial charge on any atom is -0.508 e. The molecule has 9 heterocycles. The zero-order chi connectivity index (χ0) is 51.9. The predicted molar refractivity (Wildman–Crippen MR) is 293 cm³/mol. The van der Waals surface area contributed by atoms with Gasteiger partial charge in [0.15, 0.2) is 0 Å². The molecule has 3 aromatic carbocycles. The summed E-state index contributed by atoms with van der Waals surface area (Å²) in [5.41, 5.74) is 6.11. The van der Waals surface area contributed by atoms with Crippen molar-refractivity contribution in [2.24, 2.45) is 17.8 Å². The Morgan fingerprint density at radius 1 is 0.789 bits per heavy atom. The van der Waals surface area contributed by atoms with Gasteiger partial charge >= 0.3 is 11.7 Å². The Kier molecular flexibility index (Phi) is 13.0. The molecule has 0 radical (unpaired) electrons. The van der Waals surface area contributed by atoms with Crippen LogP contribution in [0.4, 0.5) is 15.9 Å². The number of phenolic OH excluding ortho intramolecular Hbond substituents is 1. The van der Waals surface area contributed by atoms with Crippen molar-refractivity contribution in [3.63, 3.8) is 0 Å². The maximum atomic E-state index is 15.9. The number of carbonyl (C=O) groups excluding carboxylic acids is 2. The Hall–Kier alpha value is -6.17. The quantitative estimate of drug-likeness (QED) is 0.102. The molecule has 13 rings (SSSR count). The summed E-state index contributed by atoms with van der Waals surface area (Å²) in [5.74, 6) is 1.88. The Morgan fingerprint density at radius 2 is 1.51 bits per heavy atom. The molecule has 76 heavy (non-hydrogen) atoms. The van der Waals surface area contributed by atoms with E-state index in [1.807, 2.05) is 33.0 Å². The number of imide groups is 1. The van der Waals surface area contributed by atoms with Gasteiger partial charge in [0.2, 0.25) is 11.8 Å². The van der Waals surface area contributed by atoms with Crippen LogP contribution in [0.15, 0.2) is 53.5 Å². The zero-order valence-corrected chi connectivity index (χ0v) is 44.3. The lowest BCUT2D eigenvalue weighted by Crippen LogP contribution is -2.51. The summed E-state index contributed by atoms with van der Waals surface area (Å²) in [7, 11) is 0. The van der Waals surface area contributed by atoms with Crippen molar-refractivity contribution in [3.05, 3.63) is 76.1 Å². The normalized spacial score (nSPS) is 24.1. The van der Waals surface area contributed by atoms with Crippen LogP contribution in [0.3, 0.4) is 0 Å². The molecule has 0 saturated carbocycles. The second-order valence-corrected chi connectivity index (χ2v) is 23.7. The van der Waals surface area contributed by atoms with Crippen LogP contribution in [0.25, 0.3) is 44.0 Å². The second-order valence-electron chi connectivity index (χ2n) is 23.7. The number of halogens is 1. The van der Waals surface area contributed by atoms with Gasteiger partial charge in [0, 0.05) is 98.3 Å². The molecule has 400 valence electrons. The molecule has 6 saturated heterocycles. The number of ether oxygens (including phenoxy) is 1. The van der Waals surface area contributed by atoms with Gasteiger partial charge in [-0.15, -0.1) is 0 Å². The van der Waals surface area contributed by atoms with E-state index in [2.05, 4.69) is 42.4 Å². The molecule has 1 aliphatic carbocycles. The van der Waals surface area contributed by atoms with Gasteiger partial charge in [0.05, 0.1) is 27.6 Å². The molecule has 0 spiro atoms. The van der Waals surface area contributed by atoms with Crippen LogP contribution < -0.4 is 30.9 Å². The average molecular weight is 1030 g/mol. The molecule has 7 aliphatic rings. The van der Waals surface area contributed by atoms with Gasteiger partial charge in [0.1, 0.15) is 30.0 Å². The topological polar surface area (TPSA) is 166 Å². The number of benzene rings is 3. The number of nitrogens with zero attached hydrogens (tertiary/aromatic N) is 9. The number of hydrogen-bond donors (Lipinski definition) is 3. The van der Waals surface area contributed by atoms with Crippen molar-refractivity contribution in [2.45, 2.75) is 121 Å². The zero-order valence-electron chi connectivity index (χ0n) is 44.3. The fourth-order valence-corrected chi connectivity index (χ4v) is 14.7. The molecule has 17 heteroatoms. The fourth-order valence-electron chi connectivity index (χ4n) is 14.7. The van der Waals surface area contributed by atoms with Gasteiger partial charge in [-0.2, -0.15) is 9.97 Å². The molecule has 3 N–H and O–H groups in total. The molecular weight excluding hydrogens is 962 g/mol. The second kappa shape index (κ2) is 20.0. The van der Waals surface area contributed by atoms with Crippen LogP contribution in [0, 0.1) is 23.6 Å². The third-order valence-corrected chi connectivity index (χ3v) is 18.6. The van der Waals surface area contributed by atoms with Crippen molar-refractivity contribution in [1.82, 2.24) is 44.5 Å². The van der Waals surface area contributed by atoms with Gasteiger partial charge in [-0.05, 0) is 169 Å². The Bertz CT molecular complexity index is 3290. The van der Waals surface area contributed by atoms with Crippen molar-refractivity contribution in [1.29, 1.82) is 0 Å². The number of piperidine rings is 4. The summed E-state index contributed by atoms with van der Waals surface area (Å²) in [6.07, 6.45) is 13.3. The van der Waals surface area contributed by atoms with Crippen LogP contribution in [0.1, 0.15) is 121 Å². The number of phenols is 1. The highest BCUT2D eigenvalue weighted by molar-refractivity contribution is 6.06. The maximum absolute atomic E-state index is 15.9. The SMILES string of the molecule is CC1c2c(ncc3c(N4CC5CCC(C4)N5)nc(OCCN4CCC(CC5CCN(CC6CCN(c7ccc8c(c7)n(C(C)C)c(=O)n8C7CCC(=O)NC7=O)CC6)CC5)CC4)nc23)-c2cc(O)cc3ccc(F)c1c23. The van der Waals surface area contributed by atoms with E-state index in [0.717, 1.165) is 139 Å². The van der Waals surface area contributed by atoms with E-state index in [9.17, 15) is 19.5 Å². The smallest absolute Gasteiger partial charge is 0.330 e. The third kappa shape index (κ3) is 9.06. The molecule has 6 aromatic rings. The van der Waals surface area contributed by atoms with Crippen LogP contribution in [-0.4, -0.2) is 135 Å². The van der Waals surface area contributed by atoms with Gasteiger partial charge in [0.25, 0.3) is 0 Å². The monoisotopic (exact) mass is 1030 g/mol. The van der Waals surface area contributed by atoms with E-state index in [-0.39, 0.29) is 41.5 Å². The van der Waals surface area contributed by atoms with E-state index < -0.39 is 11.9 Å². The highest BCUT2D eigenvalue weighted by Crippen LogP contribution is 2.49. The number of aromatic hydroxyl groups is 1. The number of aromatic nitrogens is 5. The fraction of sp³-hybridized carbons (Fsp3) is 0.559. The molecule has 16 nitrogen and oxygen atoms in total. The third-order valence-electron chi connectivity index (χ3n) is 18.6. The maximum Gasteiger partial charge on any atom is 0.330 e. The number of fused-ring (bicyclic) bond motifs is 7. The predicted octanol–water partition coefficient (Wildman–Crippen LogP) is 7.88. The molecule has 2 bridgehead atoms.